The fraction of sp³-hybridized carbons (Fsp3) is 0.500. The van der Waals surface area contributed by atoms with Crippen molar-refractivity contribution in [3.63, 3.8) is 0 Å². The first kappa shape index (κ1) is 20.1. The Kier molecular flexibility index (Phi) is 6.17. The number of hydrogen-bond donors (Lipinski definition) is 0. The molecule has 142 valence electrons. The molecule has 0 radical (unpaired) electrons. The lowest BCUT2D eigenvalue weighted by molar-refractivity contribution is -0.144. The molecule has 1 aromatic rings. The second kappa shape index (κ2) is 7.99. The number of hydrogen-bond acceptors (Lipinski definition) is 5. The summed E-state index contributed by atoms with van der Waals surface area (Å²) < 4.78 is 34.4. The van der Waals surface area contributed by atoms with Gasteiger partial charge >= 0.3 is 5.97 Å². The van der Waals surface area contributed by atoms with Crippen molar-refractivity contribution in [2.24, 2.45) is 15.3 Å². The zero-order valence-electron chi connectivity index (χ0n) is 15.7. The van der Waals surface area contributed by atoms with Crippen LogP contribution >= 0.6 is 0 Å². The highest BCUT2D eigenvalue weighted by molar-refractivity contribution is 7.90. The Bertz CT molecular complexity index is 814. The number of esters is 1. The molecule has 1 aromatic carbocycles. The minimum absolute atomic E-state index is 0.0459. The molecule has 0 saturated carbocycles. The third-order valence-electron chi connectivity index (χ3n) is 3.69. The molecule has 0 spiro atoms. The first-order chi connectivity index (χ1) is 12.2. The largest absolute Gasteiger partial charge is 0.465 e. The van der Waals surface area contributed by atoms with Gasteiger partial charge in [0.2, 0.25) is 0 Å². The van der Waals surface area contributed by atoms with Crippen LogP contribution in [0.1, 0.15) is 34.6 Å². The summed E-state index contributed by atoms with van der Waals surface area (Å²) >= 11 is 0. The van der Waals surface area contributed by atoms with Crippen LogP contribution in [0.3, 0.4) is 0 Å². The molecule has 26 heavy (non-hydrogen) atoms. The van der Waals surface area contributed by atoms with Gasteiger partial charge in [0.05, 0.1) is 11.5 Å². The van der Waals surface area contributed by atoms with Crippen LogP contribution in [0.25, 0.3) is 0 Å². The standard InChI is InChI=1S/C18H25N3O4S/c1-6-25-18(22)15-16(19-12(2)3)21(13(4)5)17(15)20-26(23,24)14-10-8-7-9-11-14/h7-13,15H,6H2,1-5H3/b19-16?,20-17+. The van der Waals surface area contributed by atoms with Crippen molar-refractivity contribution < 1.29 is 17.9 Å². The van der Waals surface area contributed by atoms with Crippen molar-refractivity contribution in [3.05, 3.63) is 30.3 Å². The molecule has 1 aliphatic heterocycles. The van der Waals surface area contributed by atoms with Gasteiger partial charge in [0, 0.05) is 12.1 Å². The van der Waals surface area contributed by atoms with Crippen LogP contribution in [0, 0.1) is 5.92 Å². The molecule has 1 atom stereocenters. The molecule has 0 aromatic heterocycles. The van der Waals surface area contributed by atoms with Crippen molar-refractivity contribution >= 4 is 27.7 Å². The average molecular weight is 379 g/mol. The van der Waals surface area contributed by atoms with Gasteiger partial charge in [-0.05, 0) is 46.8 Å². The van der Waals surface area contributed by atoms with Crippen LogP contribution in [0.2, 0.25) is 0 Å². The van der Waals surface area contributed by atoms with Gasteiger partial charge in [-0.3, -0.25) is 9.79 Å². The van der Waals surface area contributed by atoms with E-state index in [4.69, 9.17) is 4.74 Å². The summed E-state index contributed by atoms with van der Waals surface area (Å²) in [4.78, 5) is 18.7. The fourth-order valence-electron chi connectivity index (χ4n) is 2.68. The second-order valence-corrected chi connectivity index (χ2v) is 8.07. The van der Waals surface area contributed by atoms with Crippen molar-refractivity contribution in [2.45, 2.75) is 51.6 Å². The number of likely N-dealkylation sites (tertiary alicyclic amines) is 1. The number of aliphatic imine (C=N–C) groups is 1. The van der Waals surface area contributed by atoms with E-state index in [2.05, 4.69) is 9.39 Å². The summed E-state index contributed by atoms with van der Waals surface area (Å²) in [6.07, 6.45) is 0. The predicted octanol–water partition coefficient (Wildman–Crippen LogP) is 2.48. The van der Waals surface area contributed by atoms with E-state index in [1.54, 1.807) is 30.0 Å². The summed E-state index contributed by atoms with van der Waals surface area (Å²) in [5.74, 6) is -0.777. The number of amidine groups is 2. The van der Waals surface area contributed by atoms with Gasteiger partial charge < -0.3 is 9.64 Å². The Morgan fingerprint density at radius 1 is 1.15 bits per heavy atom. The lowest BCUT2D eigenvalue weighted by Crippen LogP contribution is -2.63. The average Bonchev–Trinajstić information content (AvgIpc) is 2.54. The summed E-state index contributed by atoms with van der Waals surface area (Å²) in [6, 6.07) is 7.79. The number of ether oxygens (including phenoxy) is 1. The minimum Gasteiger partial charge on any atom is -0.465 e. The second-order valence-electron chi connectivity index (χ2n) is 6.47. The Morgan fingerprint density at radius 2 is 1.77 bits per heavy atom. The van der Waals surface area contributed by atoms with Crippen LogP contribution in [0.5, 0.6) is 0 Å². The van der Waals surface area contributed by atoms with E-state index in [1.165, 1.54) is 12.1 Å². The Hall–Kier alpha value is -2.22. The molecular weight excluding hydrogens is 354 g/mol. The summed E-state index contributed by atoms with van der Waals surface area (Å²) in [6.45, 7) is 9.47. The molecule has 0 amide bonds. The van der Waals surface area contributed by atoms with E-state index >= 15 is 0 Å². The zero-order valence-corrected chi connectivity index (χ0v) is 16.5. The van der Waals surface area contributed by atoms with Gasteiger partial charge in [-0.25, -0.2) is 0 Å². The van der Waals surface area contributed by atoms with Gasteiger partial charge in [-0.2, -0.15) is 8.42 Å². The maximum Gasteiger partial charge on any atom is 0.324 e. The fourth-order valence-corrected chi connectivity index (χ4v) is 3.72. The highest BCUT2D eigenvalue weighted by atomic mass is 32.2. The van der Waals surface area contributed by atoms with Crippen LogP contribution in [-0.2, 0) is 19.6 Å². The molecule has 1 fully saturated rings. The zero-order chi connectivity index (χ0) is 19.5. The first-order valence-corrected chi connectivity index (χ1v) is 10.1. The molecule has 1 heterocycles. The van der Waals surface area contributed by atoms with E-state index in [0.29, 0.717) is 5.84 Å². The van der Waals surface area contributed by atoms with Gasteiger partial charge in [-0.1, -0.05) is 18.2 Å². The molecule has 7 nitrogen and oxygen atoms in total. The van der Waals surface area contributed by atoms with Crippen LogP contribution in [-0.4, -0.2) is 49.6 Å². The lowest BCUT2D eigenvalue weighted by Gasteiger charge is -2.44. The first-order valence-electron chi connectivity index (χ1n) is 8.62. The van der Waals surface area contributed by atoms with E-state index < -0.39 is 21.9 Å². The van der Waals surface area contributed by atoms with E-state index in [1.807, 2.05) is 27.7 Å². The van der Waals surface area contributed by atoms with Crippen molar-refractivity contribution in [1.82, 2.24) is 4.90 Å². The number of benzene rings is 1. The maximum absolute atomic E-state index is 12.7. The number of rotatable bonds is 6. The Balaban J connectivity index is 2.53. The monoisotopic (exact) mass is 379 g/mol. The van der Waals surface area contributed by atoms with Crippen molar-refractivity contribution in [2.75, 3.05) is 6.61 Å². The third-order valence-corrected chi connectivity index (χ3v) is 4.99. The molecule has 1 unspecified atom stereocenters. The van der Waals surface area contributed by atoms with E-state index in [0.717, 1.165) is 0 Å². The predicted molar refractivity (Wildman–Crippen MR) is 101 cm³/mol. The number of carbonyl (C=O) groups is 1. The van der Waals surface area contributed by atoms with Gasteiger partial charge in [0.15, 0.2) is 5.92 Å². The SMILES string of the molecule is CCOC(=O)C1C(=NC(C)C)N(C(C)C)/C1=N/S(=O)(=O)c1ccccc1. The molecule has 1 aliphatic rings. The number of sulfonamides is 1. The number of nitrogens with zero attached hydrogens (tertiary/aromatic N) is 3. The van der Waals surface area contributed by atoms with E-state index in [9.17, 15) is 13.2 Å². The molecule has 1 saturated heterocycles. The quantitative estimate of drug-likeness (QED) is 0.709. The lowest BCUT2D eigenvalue weighted by atomic mass is 9.93. The molecule has 0 aliphatic carbocycles. The normalized spacial score (nSPS) is 20.7. The molecule has 0 N–H and O–H groups in total. The highest BCUT2D eigenvalue weighted by Crippen LogP contribution is 2.29. The third kappa shape index (κ3) is 4.12. The number of carbonyl (C=O) groups excluding carboxylic acids is 1. The Labute approximate surface area is 154 Å². The topological polar surface area (TPSA) is 88.4 Å². The Morgan fingerprint density at radius 3 is 2.27 bits per heavy atom. The van der Waals surface area contributed by atoms with Gasteiger partial charge in [0.25, 0.3) is 10.0 Å². The van der Waals surface area contributed by atoms with Crippen LogP contribution in [0.4, 0.5) is 0 Å². The molecule has 2 rings (SSSR count). The van der Waals surface area contributed by atoms with Gasteiger partial charge in [-0.15, -0.1) is 4.40 Å². The minimum atomic E-state index is -3.94. The summed E-state index contributed by atoms with van der Waals surface area (Å²) in [7, 11) is -3.94. The summed E-state index contributed by atoms with van der Waals surface area (Å²) in [5, 5.41) is 0. The van der Waals surface area contributed by atoms with Crippen LogP contribution in [0.15, 0.2) is 44.6 Å². The van der Waals surface area contributed by atoms with Gasteiger partial charge in [0.1, 0.15) is 11.7 Å². The van der Waals surface area contributed by atoms with E-state index in [-0.39, 0.29) is 29.4 Å². The molecule has 8 heteroatoms. The molecule has 0 bridgehead atoms. The maximum atomic E-state index is 12.7. The summed E-state index contributed by atoms with van der Waals surface area (Å²) in [5.41, 5.74) is 0. The van der Waals surface area contributed by atoms with Crippen molar-refractivity contribution in [3.8, 4) is 0 Å². The smallest absolute Gasteiger partial charge is 0.324 e. The highest BCUT2D eigenvalue weighted by Gasteiger charge is 2.50. The van der Waals surface area contributed by atoms with Crippen molar-refractivity contribution in [1.29, 1.82) is 0 Å². The van der Waals surface area contributed by atoms with Crippen LogP contribution < -0.4 is 0 Å². The molecular formula is C18H25N3O4S.